The first kappa shape index (κ1) is 36.7. The number of hydrogen-bond acceptors (Lipinski definition) is 6. The van der Waals surface area contributed by atoms with Crippen molar-refractivity contribution >= 4 is 28.6 Å². The second-order valence-electron chi connectivity index (χ2n) is 18.6. The molecule has 0 spiro atoms. The molecule has 4 aliphatic carbocycles. The molecule has 48 heavy (non-hydrogen) atoms. The molecule has 2 heterocycles. The number of halogens is 1. The first-order chi connectivity index (χ1) is 22.4. The minimum absolute atomic E-state index is 0.0203. The van der Waals surface area contributed by atoms with Gasteiger partial charge in [-0.25, -0.2) is 9.67 Å². The van der Waals surface area contributed by atoms with E-state index in [9.17, 15) is 9.90 Å². The van der Waals surface area contributed by atoms with E-state index >= 15 is 0 Å². The second-order valence-corrected chi connectivity index (χ2v) is 19.6. The fraction of sp³-hybridized carbons (Fsp3) is 0.872. The Labute approximate surface area is 303 Å². The van der Waals surface area contributed by atoms with Gasteiger partial charge in [-0.2, -0.15) is 5.10 Å². The van der Waals surface area contributed by atoms with Crippen molar-refractivity contribution in [1.29, 1.82) is 0 Å². The Hall–Kier alpha value is -1.04. The third kappa shape index (κ3) is 4.99. The van der Waals surface area contributed by atoms with Crippen LogP contribution in [0.3, 0.4) is 0 Å². The molecule has 0 radical (unpaired) electrons. The number of rotatable bonds is 9. The first-order valence-corrected chi connectivity index (χ1v) is 19.8. The van der Waals surface area contributed by atoms with E-state index in [1.54, 1.807) is 11.9 Å². The fourth-order valence-electron chi connectivity index (χ4n) is 12.4. The smallest absolute Gasteiger partial charge is 0.307 e. The topological polar surface area (TPSA) is 98.5 Å². The number of likely N-dealkylation sites (N-methyl/N-ethyl adjacent to an activating group) is 1. The van der Waals surface area contributed by atoms with Gasteiger partial charge in [-0.15, -0.1) is 0 Å². The van der Waals surface area contributed by atoms with E-state index < -0.39 is 11.9 Å². The zero-order valence-electron chi connectivity index (χ0n) is 31.5. The number of ether oxygens (including phenoxy) is 2. The normalized spacial score (nSPS) is 44.3. The maximum Gasteiger partial charge on any atom is 0.307 e. The highest BCUT2D eigenvalue weighted by Gasteiger charge is 2.72. The van der Waals surface area contributed by atoms with Gasteiger partial charge in [-0.1, -0.05) is 74.0 Å². The maximum absolute atomic E-state index is 13.5. The van der Waals surface area contributed by atoms with Crippen molar-refractivity contribution in [3.05, 3.63) is 21.8 Å². The number of hydrogen-bond donors (Lipinski definition) is 2. The van der Waals surface area contributed by atoms with Crippen LogP contribution in [0.4, 0.5) is 0 Å². The van der Waals surface area contributed by atoms with Gasteiger partial charge in [0.25, 0.3) is 0 Å². The molecule has 9 heteroatoms. The van der Waals surface area contributed by atoms with Crippen molar-refractivity contribution in [2.45, 2.75) is 125 Å². The van der Waals surface area contributed by atoms with Crippen LogP contribution in [0.1, 0.15) is 114 Å². The Balaban J connectivity index is 1.45. The van der Waals surface area contributed by atoms with Gasteiger partial charge in [-0.3, -0.25) is 4.79 Å². The average Bonchev–Trinajstić information content (AvgIpc) is 3.45. The molecule has 6 rings (SSSR count). The van der Waals surface area contributed by atoms with Crippen molar-refractivity contribution < 1.29 is 19.4 Å². The highest BCUT2D eigenvalue weighted by molar-refractivity contribution is 14.1. The molecule has 2 N–H and O–H groups in total. The first-order valence-electron chi connectivity index (χ1n) is 18.7. The maximum atomic E-state index is 13.5. The van der Waals surface area contributed by atoms with Crippen molar-refractivity contribution in [2.24, 2.45) is 62.6 Å². The van der Waals surface area contributed by atoms with Crippen LogP contribution in [-0.4, -0.2) is 64.4 Å². The van der Waals surface area contributed by atoms with Crippen LogP contribution in [-0.2, 0) is 14.3 Å². The molecule has 1 aromatic rings. The van der Waals surface area contributed by atoms with E-state index in [0.29, 0.717) is 49.4 Å². The molecule has 4 fully saturated rings. The molecule has 0 unspecified atom stereocenters. The summed E-state index contributed by atoms with van der Waals surface area (Å²) in [6, 6.07) is 0.0203. The van der Waals surface area contributed by atoms with E-state index in [1.165, 1.54) is 0 Å². The molecule has 3 saturated carbocycles. The summed E-state index contributed by atoms with van der Waals surface area (Å²) in [5.74, 6) is 0.920. The Morgan fingerprint density at radius 3 is 2.44 bits per heavy atom. The molecule has 2 bridgehead atoms. The molecular weight excluding hydrogens is 715 g/mol. The number of allylic oxidation sites excluding steroid dienone is 1. The van der Waals surface area contributed by atoms with Crippen LogP contribution < -0.4 is 5.32 Å². The summed E-state index contributed by atoms with van der Waals surface area (Å²) >= 11 is 2.33. The van der Waals surface area contributed by atoms with Crippen LogP contribution in [0.5, 0.6) is 0 Å². The summed E-state index contributed by atoms with van der Waals surface area (Å²) in [6.45, 7) is 25.1. The highest BCUT2D eigenvalue weighted by atomic mass is 127. The zero-order chi connectivity index (χ0) is 35.2. The molecule has 12 atom stereocenters. The number of aliphatic carboxylic acids is 1. The van der Waals surface area contributed by atoms with Gasteiger partial charge in [0, 0.05) is 39.0 Å². The lowest BCUT2D eigenvalue weighted by atomic mass is 9.34. The Morgan fingerprint density at radius 2 is 1.85 bits per heavy atom. The standard InChI is InChI=1S/C39H63IN4O4/c1-23(2)25(5)34(6)16-17-36(8)26-12-13-29-35(7)19-47-21-39(29,27(26)14-15-37(36,9)30(34)32(45)46)18-28(44-33(40)42-22-43-44)31(35)48-20-38(10,41-11)24(3)4/h14,22-26,28-31,41H,12-13,15-21H2,1-11H3,(H,45,46)/t25-,26+,28-,29+,30-,31+,34-,35-,36-,37+,38+,39+/m1/s1. The number of nitrogens with one attached hydrogen (secondary N) is 1. The summed E-state index contributed by atoms with van der Waals surface area (Å²) in [7, 11) is 2.04. The number of fused-ring (bicyclic) bond motifs is 3. The number of carboxylic acid groups (broad SMARTS) is 1. The van der Waals surface area contributed by atoms with Gasteiger partial charge in [0.15, 0.2) is 3.83 Å². The van der Waals surface area contributed by atoms with Gasteiger partial charge >= 0.3 is 5.97 Å². The molecule has 8 nitrogen and oxygen atoms in total. The number of nitrogens with zero attached hydrogens (tertiary/aromatic N) is 3. The lowest BCUT2D eigenvalue weighted by molar-refractivity contribution is -0.253. The second kappa shape index (κ2) is 12.3. The monoisotopic (exact) mass is 778 g/mol. The minimum atomic E-state index is -0.607. The average molecular weight is 779 g/mol. The zero-order valence-corrected chi connectivity index (χ0v) is 33.7. The number of carbonyl (C=O) groups is 1. The highest BCUT2D eigenvalue weighted by Crippen LogP contribution is 2.75. The number of carboxylic acids is 1. The van der Waals surface area contributed by atoms with Crippen LogP contribution in [0.2, 0.25) is 0 Å². The van der Waals surface area contributed by atoms with E-state index in [4.69, 9.17) is 14.6 Å². The fourth-order valence-corrected chi connectivity index (χ4v) is 13.0. The largest absolute Gasteiger partial charge is 0.481 e. The van der Waals surface area contributed by atoms with Crippen LogP contribution in [0.15, 0.2) is 18.0 Å². The van der Waals surface area contributed by atoms with Gasteiger partial charge in [0.05, 0.1) is 37.9 Å². The van der Waals surface area contributed by atoms with Crippen LogP contribution in [0.25, 0.3) is 0 Å². The minimum Gasteiger partial charge on any atom is -0.481 e. The summed E-state index contributed by atoms with van der Waals surface area (Å²) in [4.78, 5) is 18.1. The molecule has 270 valence electrons. The Morgan fingerprint density at radius 1 is 1.15 bits per heavy atom. The summed E-state index contributed by atoms with van der Waals surface area (Å²) in [6.07, 6.45) is 10.1. The Bertz CT molecular complexity index is 1430. The molecule has 0 aromatic carbocycles. The Kier molecular flexibility index (Phi) is 9.40. The van der Waals surface area contributed by atoms with E-state index in [0.717, 1.165) is 42.4 Å². The van der Waals surface area contributed by atoms with Gasteiger partial charge in [0.2, 0.25) is 0 Å². The van der Waals surface area contributed by atoms with E-state index in [-0.39, 0.29) is 44.8 Å². The molecular formula is C39H63IN4O4. The lowest BCUT2D eigenvalue weighted by Crippen LogP contribution is -2.69. The van der Waals surface area contributed by atoms with Crippen molar-refractivity contribution in [1.82, 2.24) is 20.1 Å². The third-order valence-corrected chi connectivity index (χ3v) is 17.1. The van der Waals surface area contributed by atoms with Crippen molar-refractivity contribution in [2.75, 3.05) is 26.9 Å². The summed E-state index contributed by atoms with van der Waals surface area (Å²) < 4.78 is 16.9. The quantitative estimate of drug-likeness (QED) is 0.194. The molecule has 1 aliphatic heterocycles. The van der Waals surface area contributed by atoms with E-state index in [1.807, 2.05) is 7.05 Å². The van der Waals surface area contributed by atoms with Crippen LogP contribution in [0, 0.1) is 66.4 Å². The summed E-state index contributed by atoms with van der Waals surface area (Å²) in [5, 5.41) is 19.4. The predicted octanol–water partition coefficient (Wildman–Crippen LogP) is 8.03. The van der Waals surface area contributed by atoms with Crippen LogP contribution >= 0.6 is 22.6 Å². The van der Waals surface area contributed by atoms with Gasteiger partial charge < -0.3 is 19.9 Å². The number of aromatic nitrogens is 3. The molecule has 0 amide bonds. The third-order valence-electron chi connectivity index (χ3n) is 16.3. The lowest BCUT2D eigenvalue weighted by Gasteiger charge is -2.71. The van der Waals surface area contributed by atoms with Crippen molar-refractivity contribution in [3.8, 4) is 0 Å². The summed E-state index contributed by atoms with van der Waals surface area (Å²) in [5.41, 5.74) is 0.346. The molecule has 1 saturated heterocycles. The molecule has 5 aliphatic rings. The SMILES string of the molecule is CN[C@@](C)(CO[C@H]1[C@H](n2ncnc2I)C[C@@]23COC[C@]1(C)[C@@H]2CC[C@H]1C3=CC[C@@]2(C)[C@H](C(=O)O)[C@@](C)([C@H](C)C(C)C)CC[C@]12C)C(C)C. The van der Waals surface area contributed by atoms with Crippen molar-refractivity contribution in [3.63, 3.8) is 0 Å². The van der Waals surface area contributed by atoms with Gasteiger partial charge in [0.1, 0.15) is 6.33 Å². The predicted molar refractivity (Wildman–Crippen MR) is 197 cm³/mol. The van der Waals surface area contributed by atoms with E-state index in [2.05, 4.69) is 113 Å². The molecule has 1 aromatic heterocycles. The van der Waals surface area contributed by atoms with Gasteiger partial charge in [-0.05, 0) is 98.3 Å².